The average Bonchev–Trinajstić information content (AvgIpc) is 2.91. The van der Waals surface area contributed by atoms with Gasteiger partial charge in [0.05, 0.1) is 23.4 Å². The molecule has 1 saturated heterocycles. The molecule has 3 heterocycles. The van der Waals surface area contributed by atoms with E-state index in [1.54, 1.807) is 24.5 Å². The predicted octanol–water partition coefficient (Wildman–Crippen LogP) is 2.13. The van der Waals surface area contributed by atoms with Crippen LogP contribution in [-0.2, 0) is 0 Å². The number of hydrogen-bond acceptors (Lipinski definition) is 3. The van der Waals surface area contributed by atoms with Crippen molar-refractivity contribution in [3.63, 3.8) is 0 Å². The first kappa shape index (κ1) is 12.1. The van der Waals surface area contributed by atoms with Crippen LogP contribution in [0.1, 0.15) is 16.4 Å². The van der Waals surface area contributed by atoms with E-state index in [-0.39, 0.29) is 5.91 Å². The summed E-state index contributed by atoms with van der Waals surface area (Å²) in [6.07, 6.45) is 5.16. The number of imidazole rings is 1. The van der Waals surface area contributed by atoms with Crippen LogP contribution in [0.5, 0.6) is 0 Å². The van der Waals surface area contributed by atoms with Crippen LogP contribution in [0.3, 0.4) is 0 Å². The van der Waals surface area contributed by atoms with Gasteiger partial charge in [-0.3, -0.25) is 9.78 Å². The molecule has 1 aliphatic heterocycles. The lowest BCUT2D eigenvalue weighted by molar-refractivity contribution is 0.0526. The van der Waals surface area contributed by atoms with Crippen molar-refractivity contribution in [2.45, 2.75) is 6.04 Å². The number of carbonyl (C=O) groups is 1. The first-order valence-corrected chi connectivity index (χ1v) is 6.94. The Balaban J connectivity index is 1.51. The minimum absolute atomic E-state index is 0.0677. The van der Waals surface area contributed by atoms with E-state index in [4.69, 9.17) is 0 Å². The Morgan fingerprint density at radius 3 is 2.67 bits per heavy atom. The van der Waals surface area contributed by atoms with Crippen LogP contribution in [0.15, 0.2) is 55.1 Å². The Bertz CT molecular complexity index is 790. The summed E-state index contributed by atoms with van der Waals surface area (Å²) in [5.41, 5.74) is 2.81. The summed E-state index contributed by atoms with van der Waals surface area (Å²) in [4.78, 5) is 22.5. The fraction of sp³-hybridized carbons (Fsp3) is 0.188. The number of nitrogens with zero attached hydrogens (tertiary/aromatic N) is 4. The van der Waals surface area contributed by atoms with Crippen LogP contribution < -0.4 is 0 Å². The van der Waals surface area contributed by atoms with E-state index >= 15 is 0 Å². The highest BCUT2D eigenvalue weighted by Gasteiger charge is 2.32. The normalized spacial score (nSPS) is 15.1. The number of para-hydroxylation sites is 2. The van der Waals surface area contributed by atoms with Crippen molar-refractivity contribution in [1.29, 1.82) is 0 Å². The SMILES string of the molecule is O=C(c1ccncc1)N1CC(n2cnc3ccccc32)C1. The largest absolute Gasteiger partial charge is 0.334 e. The number of likely N-dealkylation sites (tertiary alicyclic amines) is 1. The Morgan fingerprint density at radius 2 is 1.86 bits per heavy atom. The van der Waals surface area contributed by atoms with E-state index in [9.17, 15) is 4.79 Å². The lowest BCUT2D eigenvalue weighted by Gasteiger charge is -2.40. The van der Waals surface area contributed by atoms with E-state index in [2.05, 4.69) is 20.6 Å². The first-order chi connectivity index (χ1) is 10.3. The molecule has 0 N–H and O–H groups in total. The molecular formula is C16H14N4O. The first-order valence-electron chi connectivity index (χ1n) is 6.94. The van der Waals surface area contributed by atoms with E-state index in [1.807, 2.05) is 29.4 Å². The second-order valence-corrected chi connectivity index (χ2v) is 5.24. The smallest absolute Gasteiger partial charge is 0.254 e. The van der Waals surface area contributed by atoms with Gasteiger partial charge in [0.1, 0.15) is 0 Å². The number of pyridine rings is 1. The molecule has 1 amide bonds. The van der Waals surface area contributed by atoms with Crippen molar-refractivity contribution < 1.29 is 4.79 Å². The minimum atomic E-state index is 0.0677. The molecular weight excluding hydrogens is 264 g/mol. The molecule has 0 unspecified atom stereocenters. The van der Waals surface area contributed by atoms with Gasteiger partial charge in [-0.25, -0.2) is 4.98 Å². The molecule has 4 rings (SSSR count). The van der Waals surface area contributed by atoms with Gasteiger partial charge in [-0.15, -0.1) is 0 Å². The molecule has 3 aromatic rings. The Hall–Kier alpha value is -2.69. The number of carbonyl (C=O) groups excluding carboxylic acids is 1. The third-order valence-corrected chi connectivity index (χ3v) is 3.95. The molecule has 0 radical (unpaired) electrons. The van der Waals surface area contributed by atoms with Gasteiger partial charge < -0.3 is 9.47 Å². The summed E-state index contributed by atoms with van der Waals surface area (Å²) in [5, 5.41) is 0. The summed E-state index contributed by atoms with van der Waals surface area (Å²) >= 11 is 0. The topological polar surface area (TPSA) is 51.0 Å². The Labute approximate surface area is 121 Å². The van der Waals surface area contributed by atoms with Gasteiger partial charge in [-0.2, -0.15) is 0 Å². The van der Waals surface area contributed by atoms with Crippen molar-refractivity contribution in [3.05, 3.63) is 60.7 Å². The molecule has 0 bridgehead atoms. The molecule has 0 saturated carbocycles. The van der Waals surface area contributed by atoms with Crippen molar-refractivity contribution in [1.82, 2.24) is 19.4 Å². The highest BCUT2D eigenvalue weighted by molar-refractivity contribution is 5.94. The zero-order chi connectivity index (χ0) is 14.2. The van der Waals surface area contributed by atoms with Crippen molar-refractivity contribution in [2.75, 3.05) is 13.1 Å². The summed E-state index contributed by atoms with van der Waals surface area (Å²) in [5.74, 6) is 0.0677. The standard InChI is InChI=1S/C16H14N4O/c21-16(12-5-7-17-8-6-12)19-9-13(10-19)20-11-18-14-3-1-2-4-15(14)20/h1-8,11,13H,9-10H2. The lowest BCUT2D eigenvalue weighted by atomic mass is 10.1. The fourth-order valence-electron chi connectivity index (χ4n) is 2.74. The number of rotatable bonds is 2. The molecule has 0 aliphatic carbocycles. The third-order valence-electron chi connectivity index (χ3n) is 3.95. The van der Waals surface area contributed by atoms with E-state index in [0.717, 1.165) is 24.1 Å². The van der Waals surface area contributed by atoms with Gasteiger partial charge in [-0.1, -0.05) is 12.1 Å². The highest BCUT2D eigenvalue weighted by Crippen LogP contribution is 2.26. The zero-order valence-corrected chi connectivity index (χ0v) is 11.4. The summed E-state index contributed by atoms with van der Waals surface area (Å²) < 4.78 is 2.16. The zero-order valence-electron chi connectivity index (χ0n) is 11.4. The molecule has 1 fully saturated rings. The maximum absolute atomic E-state index is 12.3. The Morgan fingerprint density at radius 1 is 1.10 bits per heavy atom. The van der Waals surface area contributed by atoms with Crippen molar-refractivity contribution in [2.24, 2.45) is 0 Å². The molecule has 104 valence electrons. The maximum atomic E-state index is 12.3. The number of hydrogen-bond donors (Lipinski definition) is 0. The third kappa shape index (κ3) is 1.98. The molecule has 1 aromatic carbocycles. The summed E-state index contributed by atoms with van der Waals surface area (Å²) in [7, 11) is 0. The Kier molecular flexibility index (Phi) is 2.70. The summed E-state index contributed by atoms with van der Waals surface area (Å²) in [6, 6.07) is 11.9. The van der Waals surface area contributed by atoms with Gasteiger partial charge in [-0.05, 0) is 24.3 Å². The van der Waals surface area contributed by atoms with Gasteiger partial charge >= 0.3 is 0 Å². The van der Waals surface area contributed by atoms with Crippen LogP contribution >= 0.6 is 0 Å². The second kappa shape index (κ2) is 4.70. The van der Waals surface area contributed by atoms with Crippen LogP contribution in [0.25, 0.3) is 11.0 Å². The van der Waals surface area contributed by atoms with Crippen LogP contribution in [-0.4, -0.2) is 38.4 Å². The van der Waals surface area contributed by atoms with Crippen molar-refractivity contribution >= 4 is 16.9 Å². The summed E-state index contributed by atoms with van der Waals surface area (Å²) in [6.45, 7) is 1.45. The molecule has 1 aliphatic rings. The van der Waals surface area contributed by atoms with Crippen molar-refractivity contribution in [3.8, 4) is 0 Å². The van der Waals surface area contributed by atoms with Gasteiger partial charge in [0.15, 0.2) is 0 Å². The number of aromatic nitrogens is 3. The molecule has 2 aromatic heterocycles. The quantitative estimate of drug-likeness (QED) is 0.721. The number of benzene rings is 1. The van der Waals surface area contributed by atoms with Gasteiger partial charge in [0.25, 0.3) is 5.91 Å². The van der Waals surface area contributed by atoms with E-state index in [0.29, 0.717) is 11.6 Å². The molecule has 21 heavy (non-hydrogen) atoms. The van der Waals surface area contributed by atoms with Gasteiger partial charge in [0, 0.05) is 31.0 Å². The number of amides is 1. The van der Waals surface area contributed by atoms with Crippen LogP contribution in [0.2, 0.25) is 0 Å². The lowest BCUT2D eigenvalue weighted by Crippen LogP contribution is -2.50. The fourth-order valence-corrected chi connectivity index (χ4v) is 2.74. The maximum Gasteiger partial charge on any atom is 0.254 e. The highest BCUT2D eigenvalue weighted by atomic mass is 16.2. The van der Waals surface area contributed by atoms with E-state index < -0.39 is 0 Å². The molecule has 5 nitrogen and oxygen atoms in total. The average molecular weight is 278 g/mol. The van der Waals surface area contributed by atoms with Crippen LogP contribution in [0.4, 0.5) is 0 Å². The van der Waals surface area contributed by atoms with E-state index in [1.165, 1.54) is 0 Å². The molecule has 5 heteroatoms. The monoisotopic (exact) mass is 278 g/mol. The second-order valence-electron chi connectivity index (χ2n) is 5.24. The molecule has 0 atom stereocenters. The molecule has 0 spiro atoms. The number of fused-ring (bicyclic) bond motifs is 1. The predicted molar refractivity (Wildman–Crippen MR) is 78.9 cm³/mol. The minimum Gasteiger partial charge on any atom is -0.334 e. The van der Waals surface area contributed by atoms with Gasteiger partial charge in [0.2, 0.25) is 0 Å². The van der Waals surface area contributed by atoms with Crippen LogP contribution in [0, 0.1) is 0 Å².